The first-order valence-corrected chi connectivity index (χ1v) is 6.49. The molecule has 0 saturated heterocycles. The first kappa shape index (κ1) is 14.1. The fraction of sp³-hybridized carbons (Fsp3) is 0.188. The molecule has 1 N–H and O–H groups in total. The summed E-state index contributed by atoms with van der Waals surface area (Å²) in [4.78, 5) is 12.0. The van der Waals surface area contributed by atoms with Crippen molar-refractivity contribution in [2.45, 2.75) is 13.3 Å². The lowest BCUT2D eigenvalue weighted by atomic mass is 10.2. The Morgan fingerprint density at radius 1 is 1.20 bits per heavy atom. The number of ether oxygens (including phenoxy) is 1. The first-order chi connectivity index (χ1) is 9.69. The van der Waals surface area contributed by atoms with Gasteiger partial charge in [0, 0.05) is 17.3 Å². The number of hydrogen-bond donors (Lipinski definition) is 1. The molecule has 0 spiro atoms. The number of carbonyl (C=O) groups is 1. The van der Waals surface area contributed by atoms with Gasteiger partial charge in [-0.05, 0) is 42.8 Å². The zero-order valence-electron chi connectivity index (χ0n) is 11.2. The van der Waals surface area contributed by atoms with Crippen LogP contribution in [0.2, 0.25) is 0 Å². The van der Waals surface area contributed by atoms with Gasteiger partial charge >= 0.3 is 0 Å². The summed E-state index contributed by atoms with van der Waals surface area (Å²) < 4.78 is 18.3. The van der Waals surface area contributed by atoms with Crippen molar-refractivity contribution in [3.8, 4) is 5.75 Å². The summed E-state index contributed by atoms with van der Waals surface area (Å²) in [6.45, 7) is 2.66. The van der Waals surface area contributed by atoms with Gasteiger partial charge in [-0.1, -0.05) is 13.0 Å². The maximum atomic E-state index is 12.8. The lowest BCUT2D eigenvalue weighted by Crippen LogP contribution is -2.11. The molecule has 2 rings (SSSR count). The highest BCUT2D eigenvalue weighted by atomic mass is 19.1. The Balaban J connectivity index is 2.05. The van der Waals surface area contributed by atoms with Gasteiger partial charge in [0.2, 0.25) is 0 Å². The fourth-order valence-electron chi connectivity index (χ4n) is 1.69. The third kappa shape index (κ3) is 3.82. The lowest BCUT2D eigenvalue weighted by Gasteiger charge is -2.08. The van der Waals surface area contributed by atoms with E-state index in [1.54, 1.807) is 12.1 Å². The number of hydrogen-bond acceptors (Lipinski definition) is 2. The molecule has 2 aromatic carbocycles. The van der Waals surface area contributed by atoms with E-state index in [2.05, 4.69) is 5.32 Å². The normalized spacial score (nSPS) is 10.1. The number of amides is 1. The van der Waals surface area contributed by atoms with Crippen LogP contribution in [0.25, 0.3) is 0 Å². The first-order valence-electron chi connectivity index (χ1n) is 6.49. The van der Waals surface area contributed by atoms with Gasteiger partial charge in [0.15, 0.2) is 0 Å². The van der Waals surface area contributed by atoms with E-state index in [1.807, 2.05) is 19.1 Å². The smallest absolute Gasteiger partial charge is 0.255 e. The fourth-order valence-corrected chi connectivity index (χ4v) is 1.69. The Bertz CT molecular complexity index is 581. The van der Waals surface area contributed by atoms with Crippen molar-refractivity contribution in [1.82, 2.24) is 0 Å². The Morgan fingerprint density at radius 3 is 2.65 bits per heavy atom. The topological polar surface area (TPSA) is 38.3 Å². The standard InChI is InChI=1S/C16H16FNO2/c1-2-10-20-15-5-3-4-14(11-15)18-16(19)12-6-8-13(17)9-7-12/h3-9,11H,2,10H2,1H3,(H,18,19). The molecule has 4 heteroatoms. The van der Waals surface area contributed by atoms with E-state index in [4.69, 9.17) is 4.74 Å². The summed E-state index contributed by atoms with van der Waals surface area (Å²) in [6, 6.07) is 12.6. The molecule has 0 heterocycles. The predicted molar refractivity (Wildman–Crippen MR) is 76.6 cm³/mol. The van der Waals surface area contributed by atoms with Crippen LogP contribution in [0.15, 0.2) is 48.5 Å². The van der Waals surface area contributed by atoms with Crippen LogP contribution in [0.3, 0.4) is 0 Å². The second-order valence-corrected chi connectivity index (χ2v) is 4.34. The molecular weight excluding hydrogens is 257 g/mol. The predicted octanol–water partition coefficient (Wildman–Crippen LogP) is 3.87. The van der Waals surface area contributed by atoms with Crippen molar-refractivity contribution in [3.63, 3.8) is 0 Å². The molecule has 0 aromatic heterocycles. The van der Waals surface area contributed by atoms with Crippen LogP contribution in [0.5, 0.6) is 5.75 Å². The number of benzene rings is 2. The van der Waals surface area contributed by atoms with Crippen molar-refractivity contribution >= 4 is 11.6 Å². The number of halogens is 1. The molecule has 0 atom stereocenters. The van der Waals surface area contributed by atoms with Crippen LogP contribution in [0.4, 0.5) is 10.1 Å². The number of carbonyl (C=O) groups excluding carboxylic acids is 1. The average Bonchev–Trinajstić information content (AvgIpc) is 2.46. The zero-order valence-corrected chi connectivity index (χ0v) is 11.2. The average molecular weight is 273 g/mol. The van der Waals surface area contributed by atoms with E-state index in [1.165, 1.54) is 24.3 Å². The highest BCUT2D eigenvalue weighted by Gasteiger charge is 2.06. The molecule has 0 fully saturated rings. The number of rotatable bonds is 5. The molecule has 2 aromatic rings. The minimum absolute atomic E-state index is 0.280. The Morgan fingerprint density at radius 2 is 1.95 bits per heavy atom. The minimum atomic E-state index is -0.364. The van der Waals surface area contributed by atoms with E-state index >= 15 is 0 Å². The van der Waals surface area contributed by atoms with Crippen LogP contribution in [0.1, 0.15) is 23.7 Å². The molecular formula is C16H16FNO2. The largest absolute Gasteiger partial charge is 0.494 e. The highest BCUT2D eigenvalue weighted by molar-refractivity contribution is 6.04. The summed E-state index contributed by atoms with van der Waals surface area (Å²) in [7, 11) is 0. The molecule has 104 valence electrons. The SMILES string of the molecule is CCCOc1cccc(NC(=O)c2ccc(F)cc2)c1. The third-order valence-electron chi connectivity index (χ3n) is 2.67. The molecule has 0 aliphatic heterocycles. The van der Waals surface area contributed by atoms with E-state index in [0.29, 0.717) is 23.6 Å². The summed E-state index contributed by atoms with van der Waals surface area (Å²) in [5, 5.41) is 2.75. The van der Waals surface area contributed by atoms with Crippen LogP contribution >= 0.6 is 0 Å². The molecule has 0 bridgehead atoms. The minimum Gasteiger partial charge on any atom is -0.494 e. The van der Waals surface area contributed by atoms with Gasteiger partial charge < -0.3 is 10.1 Å². The van der Waals surface area contributed by atoms with E-state index in [0.717, 1.165) is 6.42 Å². The van der Waals surface area contributed by atoms with E-state index in [9.17, 15) is 9.18 Å². The van der Waals surface area contributed by atoms with E-state index in [-0.39, 0.29) is 11.7 Å². The second-order valence-electron chi connectivity index (χ2n) is 4.34. The van der Waals surface area contributed by atoms with Crippen LogP contribution in [0, 0.1) is 5.82 Å². The summed E-state index contributed by atoms with van der Waals surface area (Å²) in [5.41, 5.74) is 1.05. The Labute approximate surface area is 117 Å². The molecule has 1 amide bonds. The summed E-state index contributed by atoms with van der Waals surface area (Å²) in [5.74, 6) is 0.0675. The number of anilines is 1. The third-order valence-corrected chi connectivity index (χ3v) is 2.67. The number of nitrogens with one attached hydrogen (secondary N) is 1. The van der Waals surface area contributed by atoms with Crippen molar-refractivity contribution < 1.29 is 13.9 Å². The molecule has 0 radical (unpaired) electrons. The van der Waals surface area contributed by atoms with E-state index < -0.39 is 0 Å². The molecule has 0 unspecified atom stereocenters. The molecule has 0 saturated carbocycles. The maximum absolute atomic E-state index is 12.8. The van der Waals surface area contributed by atoms with Crippen molar-refractivity contribution in [3.05, 3.63) is 59.9 Å². The van der Waals surface area contributed by atoms with Crippen molar-refractivity contribution in [2.75, 3.05) is 11.9 Å². The highest BCUT2D eigenvalue weighted by Crippen LogP contribution is 2.18. The van der Waals surface area contributed by atoms with Gasteiger partial charge in [-0.15, -0.1) is 0 Å². The van der Waals surface area contributed by atoms with Gasteiger partial charge in [-0.2, -0.15) is 0 Å². The Hall–Kier alpha value is -2.36. The van der Waals surface area contributed by atoms with Crippen LogP contribution in [-0.4, -0.2) is 12.5 Å². The molecule has 20 heavy (non-hydrogen) atoms. The van der Waals surface area contributed by atoms with Crippen molar-refractivity contribution in [1.29, 1.82) is 0 Å². The monoisotopic (exact) mass is 273 g/mol. The van der Waals surface area contributed by atoms with Gasteiger partial charge in [0.1, 0.15) is 11.6 Å². The van der Waals surface area contributed by atoms with Gasteiger partial charge in [0.25, 0.3) is 5.91 Å². The second kappa shape index (κ2) is 6.70. The Kier molecular flexibility index (Phi) is 4.71. The molecule has 3 nitrogen and oxygen atoms in total. The zero-order chi connectivity index (χ0) is 14.4. The van der Waals surface area contributed by atoms with Crippen LogP contribution < -0.4 is 10.1 Å². The summed E-state index contributed by atoms with van der Waals surface area (Å²) >= 11 is 0. The lowest BCUT2D eigenvalue weighted by molar-refractivity contribution is 0.102. The maximum Gasteiger partial charge on any atom is 0.255 e. The summed E-state index contributed by atoms with van der Waals surface area (Å²) in [6.07, 6.45) is 0.923. The van der Waals surface area contributed by atoms with Gasteiger partial charge in [-0.3, -0.25) is 4.79 Å². The van der Waals surface area contributed by atoms with Crippen molar-refractivity contribution in [2.24, 2.45) is 0 Å². The van der Waals surface area contributed by atoms with Gasteiger partial charge in [-0.25, -0.2) is 4.39 Å². The van der Waals surface area contributed by atoms with Crippen LogP contribution in [-0.2, 0) is 0 Å². The van der Waals surface area contributed by atoms with Gasteiger partial charge in [0.05, 0.1) is 6.61 Å². The molecule has 0 aliphatic rings. The molecule has 0 aliphatic carbocycles. The quantitative estimate of drug-likeness (QED) is 0.898.